The second-order valence-corrected chi connectivity index (χ2v) is 11.4. The molecule has 1 saturated carbocycles. The highest BCUT2D eigenvalue weighted by Crippen LogP contribution is 2.48. The Morgan fingerprint density at radius 2 is 1.58 bits per heavy atom. The monoisotopic (exact) mass is 356 g/mol. The van der Waals surface area contributed by atoms with E-state index in [1.165, 1.54) is 14.2 Å². The maximum absolute atomic E-state index is 12.4. The molecule has 24 heavy (non-hydrogen) atoms. The highest BCUT2D eigenvalue weighted by atomic mass is 28.4. The van der Waals surface area contributed by atoms with E-state index in [2.05, 4.69) is 27.4 Å². The number of carbonyl (C=O) groups is 2. The van der Waals surface area contributed by atoms with Gasteiger partial charge in [0.2, 0.25) is 0 Å². The van der Waals surface area contributed by atoms with Gasteiger partial charge in [-0.05, 0) is 43.3 Å². The van der Waals surface area contributed by atoms with Crippen molar-refractivity contribution in [1.29, 1.82) is 0 Å². The SMILES string of the molecule is C=CC[C@@H]1CC(C(=O)OC)(C(=O)OC)C[C@@H]1O[Si](CC)(CC)CC. The molecule has 1 aliphatic rings. The van der Waals surface area contributed by atoms with E-state index in [1.54, 1.807) is 0 Å². The molecule has 0 amide bonds. The van der Waals surface area contributed by atoms with Crippen LogP contribution in [0.1, 0.15) is 40.0 Å². The van der Waals surface area contributed by atoms with Crippen molar-refractivity contribution in [1.82, 2.24) is 0 Å². The lowest BCUT2D eigenvalue weighted by Gasteiger charge is -2.34. The van der Waals surface area contributed by atoms with Gasteiger partial charge in [-0.2, -0.15) is 0 Å². The first-order valence-corrected chi connectivity index (χ1v) is 11.4. The van der Waals surface area contributed by atoms with Gasteiger partial charge in [0, 0.05) is 6.10 Å². The molecule has 1 rings (SSSR count). The van der Waals surface area contributed by atoms with Crippen molar-refractivity contribution in [2.45, 2.75) is 64.3 Å². The Morgan fingerprint density at radius 3 is 1.96 bits per heavy atom. The largest absolute Gasteiger partial charge is 0.468 e. The van der Waals surface area contributed by atoms with Crippen molar-refractivity contribution in [2.24, 2.45) is 11.3 Å². The summed E-state index contributed by atoms with van der Waals surface area (Å²) in [5.74, 6) is -0.963. The summed E-state index contributed by atoms with van der Waals surface area (Å²) in [7, 11) is 0.781. The Balaban J connectivity index is 3.17. The van der Waals surface area contributed by atoms with Crippen molar-refractivity contribution in [3.05, 3.63) is 12.7 Å². The first-order valence-electron chi connectivity index (χ1n) is 8.84. The van der Waals surface area contributed by atoms with Crippen molar-refractivity contribution >= 4 is 20.3 Å². The molecule has 0 spiro atoms. The van der Waals surface area contributed by atoms with Crippen molar-refractivity contribution in [3.8, 4) is 0 Å². The first-order chi connectivity index (χ1) is 11.4. The molecule has 0 radical (unpaired) electrons. The lowest BCUT2D eigenvalue weighted by atomic mass is 9.85. The fraction of sp³-hybridized carbons (Fsp3) is 0.778. The normalized spacial score (nSPS) is 22.9. The summed E-state index contributed by atoms with van der Waals surface area (Å²) in [6.45, 7) is 10.3. The molecular formula is C18H32O5Si. The number of hydrogen-bond donors (Lipinski definition) is 0. The molecule has 0 aliphatic heterocycles. The average Bonchev–Trinajstić information content (AvgIpc) is 2.98. The molecule has 2 atom stereocenters. The third kappa shape index (κ3) is 3.91. The van der Waals surface area contributed by atoms with Gasteiger partial charge in [-0.1, -0.05) is 26.8 Å². The minimum atomic E-state index is -1.84. The molecule has 1 aliphatic carbocycles. The zero-order valence-electron chi connectivity index (χ0n) is 15.7. The fourth-order valence-electron chi connectivity index (χ4n) is 3.89. The number of hydrogen-bond acceptors (Lipinski definition) is 5. The van der Waals surface area contributed by atoms with E-state index in [1.807, 2.05) is 6.08 Å². The maximum atomic E-state index is 12.4. The standard InChI is InChI=1S/C18H32O5Si/c1-7-11-14-12-18(16(19)21-5,17(20)22-6)13-15(14)23-24(8-2,9-3)10-4/h7,14-15H,1,8-13H2,2-6H3/t14-,15+/m1/s1. The summed E-state index contributed by atoms with van der Waals surface area (Å²) < 4.78 is 16.5. The van der Waals surface area contributed by atoms with Gasteiger partial charge in [-0.25, -0.2) is 0 Å². The number of carbonyl (C=O) groups excluding carboxylic acids is 2. The molecule has 0 saturated heterocycles. The summed E-state index contributed by atoms with van der Waals surface area (Å²) in [6.07, 6.45) is 3.14. The van der Waals surface area contributed by atoms with Crippen molar-refractivity contribution in [3.63, 3.8) is 0 Å². The first kappa shape index (κ1) is 20.9. The Kier molecular flexibility index (Phi) is 7.67. The molecule has 6 heteroatoms. The molecule has 0 aromatic rings. The number of esters is 2. The van der Waals surface area contributed by atoms with Crippen LogP contribution in [0.4, 0.5) is 0 Å². The van der Waals surface area contributed by atoms with Crippen LogP contribution in [-0.2, 0) is 23.5 Å². The molecule has 0 aromatic heterocycles. The Morgan fingerprint density at radius 1 is 1.08 bits per heavy atom. The summed E-state index contributed by atoms with van der Waals surface area (Å²) in [5.41, 5.74) is -1.25. The van der Waals surface area contributed by atoms with Gasteiger partial charge in [0.1, 0.15) is 0 Å². The lowest BCUT2D eigenvalue weighted by Crippen LogP contribution is -2.43. The summed E-state index contributed by atoms with van der Waals surface area (Å²) in [4.78, 5) is 24.8. The number of ether oxygens (including phenoxy) is 2. The number of allylic oxidation sites excluding steroid dienone is 1. The van der Waals surface area contributed by atoms with E-state index >= 15 is 0 Å². The molecule has 1 fully saturated rings. The number of rotatable bonds is 9. The zero-order chi connectivity index (χ0) is 18.4. The average molecular weight is 357 g/mol. The van der Waals surface area contributed by atoms with Crippen molar-refractivity contribution < 1.29 is 23.5 Å². The highest BCUT2D eigenvalue weighted by Gasteiger charge is 2.58. The second kappa shape index (κ2) is 8.81. The Hall–Kier alpha value is -1.14. The zero-order valence-corrected chi connectivity index (χ0v) is 16.7. The van der Waals surface area contributed by atoms with Crippen LogP contribution >= 0.6 is 0 Å². The molecule has 0 bridgehead atoms. The summed E-state index contributed by atoms with van der Waals surface area (Å²) >= 11 is 0. The van der Waals surface area contributed by atoms with Crippen LogP contribution in [0.25, 0.3) is 0 Å². The molecule has 138 valence electrons. The lowest BCUT2D eigenvalue weighted by molar-refractivity contribution is -0.169. The van der Waals surface area contributed by atoms with Crippen LogP contribution in [0.5, 0.6) is 0 Å². The van der Waals surface area contributed by atoms with Crippen LogP contribution in [0, 0.1) is 11.3 Å². The van der Waals surface area contributed by atoms with E-state index in [4.69, 9.17) is 13.9 Å². The third-order valence-corrected chi connectivity index (χ3v) is 10.3. The van der Waals surface area contributed by atoms with E-state index in [-0.39, 0.29) is 12.0 Å². The molecular weight excluding hydrogens is 324 g/mol. The van der Waals surface area contributed by atoms with Gasteiger partial charge in [0.15, 0.2) is 13.7 Å². The van der Waals surface area contributed by atoms with Crippen LogP contribution in [0.2, 0.25) is 18.1 Å². The minimum absolute atomic E-state index is 0.0808. The van der Waals surface area contributed by atoms with E-state index in [0.717, 1.165) is 18.1 Å². The van der Waals surface area contributed by atoms with Gasteiger partial charge in [0.05, 0.1) is 14.2 Å². The molecule has 0 heterocycles. The quantitative estimate of drug-likeness (QED) is 0.273. The van der Waals surface area contributed by atoms with Gasteiger partial charge in [-0.3, -0.25) is 9.59 Å². The van der Waals surface area contributed by atoms with Crippen molar-refractivity contribution in [2.75, 3.05) is 14.2 Å². The molecule has 0 N–H and O–H groups in total. The molecule has 5 nitrogen and oxygen atoms in total. The predicted octanol–water partition coefficient (Wildman–Crippen LogP) is 3.70. The minimum Gasteiger partial charge on any atom is -0.468 e. The van der Waals surface area contributed by atoms with Gasteiger partial charge >= 0.3 is 11.9 Å². The van der Waals surface area contributed by atoms with Gasteiger partial charge in [-0.15, -0.1) is 6.58 Å². The smallest absolute Gasteiger partial charge is 0.323 e. The van der Waals surface area contributed by atoms with Gasteiger partial charge in [0.25, 0.3) is 0 Å². The maximum Gasteiger partial charge on any atom is 0.323 e. The van der Waals surface area contributed by atoms with Crippen LogP contribution < -0.4 is 0 Å². The van der Waals surface area contributed by atoms with Crippen LogP contribution in [0.15, 0.2) is 12.7 Å². The fourth-order valence-corrected chi connectivity index (χ4v) is 6.81. The molecule has 0 aromatic carbocycles. The van der Waals surface area contributed by atoms with Crippen LogP contribution in [0.3, 0.4) is 0 Å². The van der Waals surface area contributed by atoms with E-state index < -0.39 is 25.7 Å². The topological polar surface area (TPSA) is 61.8 Å². The Labute approximate surface area is 146 Å². The molecule has 0 unspecified atom stereocenters. The number of methoxy groups -OCH3 is 2. The third-order valence-electron chi connectivity index (χ3n) is 5.64. The highest BCUT2D eigenvalue weighted by molar-refractivity contribution is 6.73. The summed E-state index contributed by atoms with van der Waals surface area (Å²) in [6, 6.07) is 3.09. The summed E-state index contributed by atoms with van der Waals surface area (Å²) in [5, 5.41) is 0. The Bertz CT molecular complexity index is 434. The predicted molar refractivity (Wildman–Crippen MR) is 96.1 cm³/mol. The van der Waals surface area contributed by atoms with E-state index in [0.29, 0.717) is 19.3 Å². The van der Waals surface area contributed by atoms with E-state index in [9.17, 15) is 9.59 Å². The van der Waals surface area contributed by atoms with Gasteiger partial charge < -0.3 is 13.9 Å². The second-order valence-electron chi connectivity index (χ2n) is 6.66. The van der Waals surface area contributed by atoms with Crippen LogP contribution in [-0.4, -0.2) is 40.6 Å².